The first-order chi connectivity index (χ1) is 13.9. The second-order valence-electron chi connectivity index (χ2n) is 8.51. The van der Waals surface area contributed by atoms with Crippen LogP contribution in [0.25, 0.3) is 6.08 Å². The van der Waals surface area contributed by atoms with Gasteiger partial charge in [-0.05, 0) is 66.7 Å². The average molecular weight is 368 g/mol. The van der Waals surface area contributed by atoms with Crippen molar-refractivity contribution in [2.24, 2.45) is 5.92 Å². The topological polar surface area (TPSA) is 12.0 Å². The summed E-state index contributed by atoms with van der Waals surface area (Å²) in [4.78, 5) is 0. The van der Waals surface area contributed by atoms with Gasteiger partial charge in [-0.1, -0.05) is 84.5 Å². The molecular weight excluding hydrogens is 338 g/mol. The van der Waals surface area contributed by atoms with E-state index in [0.29, 0.717) is 18.0 Å². The molecule has 5 rings (SSSR count). The predicted octanol–water partition coefficient (Wildman–Crippen LogP) is 6.10. The first-order valence-corrected chi connectivity index (χ1v) is 10.8. The van der Waals surface area contributed by atoms with Crippen molar-refractivity contribution < 1.29 is 0 Å². The predicted molar refractivity (Wildman–Crippen MR) is 118 cm³/mol. The second kappa shape index (κ2) is 7.93. The van der Waals surface area contributed by atoms with E-state index in [-0.39, 0.29) is 0 Å². The summed E-state index contributed by atoms with van der Waals surface area (Å²) in [5, 5.41) is 4.09. The van der Waals surface area contributed by atoms with Gasteiger partial charge >= 0.3 is 0 Å². The molecule has 3 aliphatic rings. The van der Waals surface area contributed by atoms with E-state index in [9.17, 15) is 0 Å². The Hall–Kier alpha value is -2.38. The molecule has 1 nitrogen and oxygen atoms in total. The van der Waals surface area contributed by atoms with Gasteiger partial charge in [0.2, 0.25) is 0 Å². The lowest BCUT2D eigenvalue weighted by Crippen LogP contribution is -2.50. The molecule has 1 aliphatic heterocycles. The highest BCUT2D eigenvalue weighted by molar-refractivity contribution is 5.58. The maximum atomic E-state index is 4.09. The SMILES string of the molecule is C1=C2C=C3CCCC(Cc4ccccc4)C3NC2C(=Cc2ccccc2)CC1. The highest BCUT2D eigenvalue weighted by Crippen LogP contribution is 2.39. The average Bonchev–Trinajstić information content (AvgIpc) is 2.75. The monoisotopic (exact) mass is 367 g/mol. The van der Waals surface area contributed by atoms with Gasteiger partial charge in [-0.15, -0.1) is 0 Å². The van der Waals surface area contributed by atoms with Gasteiger partial charge in [-0.25, -0.2) is 0 Å². The third kappa shape index (κ3) is 3.64. The van der Waals surface area contributed by atoms with Gasteiger partial charge in [-0.3, -0.25) is 5.32 Å². The molecule has 0 amide bonds. The highest BCUT2D eigenvalue weighted by Gasteiger charge is 2.36. The molecule has 3 atom stereocenters. The molecule has 0 radical (unpaired) electrons. The molecule has 0 bridgehead atoms. The van der Waals surface area contributed by atoms with E-state index >= 15 is 0 Å². The van der Waals surface area contributed by atoms with E-state index in [2.05, 4.69) is 84.2 Å². The van der Waals surface area contributed by atoms with Gasteiger partial charge in [0.1, 0.15) is 0 Å². The summed E-state index contributed by atoms with van der Waals surface area (Å²) in [6.07, 6.45) is 14.8. The third-order valence-corrected chi connectivity index (χ3v) is 6.62. The van der Waals surface area contributed by atoms with Crippen molar-refractivity contribution in [1.82, 2.24) is 5.32 Å². The molecule has 2 aromatic carbocycles. The van der Waals surface area contributed by atoms with Gasteiger partial charge in [0, 0.05) is 6.04 Å². The lowest BCUT2D eigenvalue weighted by Gasteiger charge is -2.43. The van der Waals surface area contributed by atoms with Crippen LogP contribution >= 0.6 is 0 Å². The summed E-state index contributed by atoms with van der Waals surface area (Å²) >= 11 is 0. The van der Waals surface area contributed by atoms with Gasteiger partial charge in [-0.2, -0.15) is 0 Å². The summed E-state index contributed by atoms with van der Waals surface area (Å²) in [7, 11) is 0. The second-order valence-corrected chi connectivity index (χ2v) is 8.51. The third-order valence-electron chi connectivity index (χ3n) is 6.62. The van der Waals surface area contributed by atoms with E-state index < -0.39 is 0 Å². The van der Waals surface area contributed by atoms with Crippen molar-refractivity contribution >= 4 is 6.08 Å². The van der Waals surface area contributed by atoms with E-state index in [4.69, 9.17) is 0 Å². The van der Waals surface area contributed by atoms with Crippen LogP contribution in [-0.2, 0) is 6.42 Å². The van der Waals surface area contributed by atoms with Crippen LogP contribution in [0.3, 0.4) is 0 Å². The van der Waals surface area contributed by atoms with Crippen LogP contribution in [0.15, 0.2) is 89.5 Å². The van der Waals surface area contributed by atoms with Crippen molar-refractivity contribution in [3.63, 3.8) is 0 Å². The molecular formula is C27H29N. The lowest BCUT2D eigenvalue weighted by atomic mass is 9.72. The molecule has 0 aromatic heterocycles. The number of benzene rings is 2. The number of nitrogens with one attached hydrogen (secondary N) is 1. The highest BCUT2D eigenvalue weighted by atomic mass is 15.0. The normalized spacial score (nSPS) is 28.1. The molecule has 3 unspecified atom stereocenters. The van der Waals surface area contributed by atoms with Gasteiger partial charge in [0.05, 0.1) is 6.04 Å². The minimum absolute atomic E-state index is 0.388. The fourth-order valence-electron chi connectivity index (χ4n) is 5.27. The molecule has 2 aromatic rings. The number of fused-ring (bicyclic) bond motifs is 2. The molecule has 28 heavy (non-hydrogen) atoms. The number of allylic oxidation sites excluding steroid dienone is 1. The van der Waals surface area contributed by atoms with Crippen LogP contribution in [0.2, 0.25) is 0 Å². The molecule has 1 heteroatoms. The molecule has 2 aliphatic carbocycles. The van der Waals surface area contributed by atoms with E-state index in [1.807, 2.05) is 0 Å². The van der Waals surface area contributed by atoms with Gasteiger partial charge in [0.25, 0.3) is 0 Å². The molecule has 142 valence electrons. The maximum Gasteiger partial charge on any atom is 0.0541 e. The Morgan fingerprint density at radius 1 is 0.929 bits per heavy atom. The Kier molecular flexibility index (Phi) is 5.01. The first-order valence-electron chi connectivity index (χ1n) is 10.8. The zero-order valence-electron chi connectivity index (χ0n) is 16.5. The van der Waals surface area contributed by atoms with Crippen LogP contribution in [-0.4, -0.2) is 12.1 Å². The summed E-state index contributed by atoms with van der Waals surface area (Å²) in [6, 6.07) is 22.7. The van der Waals surface area contributed by atoms with Crippen molar-refractivity contribution in [3.05, 3.63) is 101 Å². The van der Waals surface area contributed by atoms with Gasteiger partial charge in [0.15, 0.2) is 0 Å². The number of rotatable bonds is 3. The van der Waals surface area contributed by atoms with Crippen molar-refractivity contribution in [2.75, 3.05) is 0 Å². The Morgan fingerprint density at radius 2 is 1.71 bits per heavy atom. The molecule has 1 saturated carbocycles. The standard InChI is InChI=1S/C27H29N/c1-3-9-20(10-4-1)17-22-13-7-15-24-19-25-16-8-14-23(27(25)28-26(22)24)18-21-11-5-2-6-12-21/h1-6,9-12,15,17,19,23,26-28H,7-8,13-14,16,18H2. The Bertz CT molecular complexity index is 904. The van der Waals surface area contributed by atoms with Gasteiger partial charge < -0.3 is 0 Å². The Morgan fingerprint density at radius 3 is 2.54 bits per heavy atom. The fourth-order valence-corrected chi connectivity index (χ4v) is 5.27. The summed E-state index contributed by atoms with van der Waals surface area (Å²) in [6.45, 7) is 0. The molecule has 1 N–H and O–H groups in total. The summed E-state index contributed by atoms with van der Waals surface area (Å²) in [5.41, 5.74) is 7.47. The minimum Gasteiger partial charge on any atom is -0.300 e. The molecule has 1 heterocycles. The van der Waals surface area contributed by atoms with Crippen LogP contribution in [0, 0.1) is 5.92 Å². The quantitative estimate of drug-likeness (QED) is 0.691. The van der Waals surface area contributed by atoms with Crippen molar-refractivity contribution in [2.45, 2.75) is 50.6 Å². The van der Waals surface area contributed by atoms with E-state index in [1.165, 1.54) is 42.4 Å². The summed E-state index contributed by atoms with van der Waals surface area (Å²) < 4.78 is 0. The smallest absolute Gasteiger partial charge is 0.0541 e. The van der Waals surface area contributed by atoms with Crippen LogP contribution in [0.4, 0.5) is 0 Å². The van der Waals surface area contributed by atoms with Crippen LogP contribution < -0.4 is 5.32 Å². The van der Waals surface area contributed by atoms with Crippen LogP contribution in [0.1, 0.15) is 43.2 Å². The first kappa shape index (κ1) is 17.7. The van der Waals surface area contributed by atoms with Crippen LogP contribution in [0.5, 0.6) is 0 Å². The lowest BCUT2D eigenvalue weighted by molar-refractivity contribution is 0.302. The largest absolute Gasteiger partial charge is 0.300 e. The van der Waals surface area contributed by atoms with Crippen molar-refractivity contribution in [1.29, 1.82) is 0 Å². The number of hydrogen-bond acceptors (Lipinski definition) is 1. The zero-order chi connectivity index (χ0) is 18.8. The Labute approximate surface area is 168 Å². The fraction of sp³-hybridized carbons (Fsp3) is 0.333. The molecule has 0 saturated heterocycles. The van der Waals surface area contributed by atoms with Crippen molar-refractivity contribution in [3.8, 4) is 0 Å². The zero-order valence-corrected chi connectivity index (χ0v) is 16.5. The molecule has 0 spiro atoms. The Balaban J connectivity index is 1.43. The van der Waals surface area contributed by atoms with E-state index in [0.717, 1.165) is 12.8 Å². The maximum absolute atomic E-state index is 4.09. The number of hydrogen-bond donors (Lipinski definition) is 1. The van der Waals surface area contributed by atoms with E-state index in [1.54, 1.807) is 11.1 Å². The molecule has 1 fully saturated rings. The minimum atomic E-state index is 0.388. The summed E-state index contributed by atoms with van der Waals surface area (Å²) in [5.74, 6) is 0.698.